The molecule has 2 aromatic rings. The van der Waals surface area contributed by atoms with Crippen molar-refractivity contribution in [2.24, 2.45) is 0 Å². The Bertz CT molecular complexity index is 848. The van der Waals surface area contributed by atoms with Gasteiger partial charge in [0.05, 0.1) is 6.61 Å². The number of aliphatic hydroxyl groups is 1. The Morgan fingerprint density at radius 2 is 1.92 bits per heavy atom. The third-order valence-corrected chi connectivity index (χ3v) is 3.32. The molecule has 1 N–H and O–H groups in total. The molecule has 136 valence electrons. The highest BCUT2D eigenvalue weighted by Gasteiger charge is 2.09. The van der Waals surface area contributed by atoms with Crippen molar-refractivity contribution >= 4 is 17.8 Å². The molecule has 1 aromatic heterocycles. The van der Waals surface area contributed by atoms with Crippen LogP contribution in [0.3, 0.4) is 0 Å². The summed E-state index contributed by atoms with van der Waals surface area (Å²) in [5, 5.41) is 9.43. The highest BCUT2D eigenvalue weighted by molar-refractivity contribution is 6.05. The van der Waals surface area contributed by atoms with Crippen LogP contribution in [0.5, 0.6) is 0 Å². The molecule has 0 bridgehead atoms. The molecule has 26 heavy (non-hydrogen) atoms. The minimum atomic E-state index is -0.981. The fourth-order valence-electron chi connectivity index (χ4n) is 2.24. The molecule has 5 nitrogen and oxygen atoms in total. The SMILES string of the molecule is CCOC(=O)/C(O)=C/C(=O)/C=C/c1cccn1Cc1cc(F)cc(F)c1. The van der Waals surface area contributed by atoms with Gasteiger partial charge in [-0.05, 0) is 48.9 Å². The lowest BCUT2D eigenvalue weighted by Gasteiger charge is -2.07. The van der Waals surface area contributed by atoms with Crippen LogP contribution in [0.1, 0.15) is 18.2 Å². The van der Waals surface area contributed by atoms with Gasteiger partial charge in [0.15, 0.2) is 5.78 Å². The van der Waals surface area contributed by atoms with Crippen LogP contribution in [-0.4, -0.2) is 28.0 Å². The van der Waals surface area contributed by atoms with Gasteiger partial charge in [-0.25, -0.2) is 13.6 Å². The zero-order chi connectivity index (χ0) is 19.1. The van der Waals surface area contributed by atoms with Gasteiger partial charge in [0.1, 0.15) is 11.6 Å². The highest BCUT2D eigenvalue weighted by atomic mass is 19.1. The Kier molecular flexibility index (Phi) is 6.43. The lowest BCUT2D eigenvalue weighted by atomic mass is 10.2. The standard InChI is InChI=1S/C19H17F2NO4/c1-2-26-19(25)18(24)11-17(23)6-5-16-4-3-7-22(16)12-13-8-14(20)10-15(21)9-13/h3-11,24H,2,12H2,1H3/b6-5+,18-11-. The minimum absolute atomic E-state index is 0.0783. The number of carbonyl (C=O) groups is 2. The number of rotatable bonds is 7. The van der Waals surface area contributed by atoms with Gasteiger partial charge >= 0.3 is 5.97 Å². The number of ether oxygens (including phenoxy) is 1. The molecule has 0 aliphatic carbocycles. The fraction of sp³-hybridized carbons (Fsp3) is 0.158. The third-order valence-electron chi connectivity index (χ3n) is 3.32. The van der Waals surface area contributed by atoms with E-state index in [4.69, 9.17) is 0 Å². The molecule has 2 rings (SSSR count). The van der Waals surface area contributed by atoms with E-state index >= 15 is 0 Å². The van der Waals surface area contributed by atoms with E-state index in [9.17, 15) is 23.5 Å². The zero-order valence-electron chi connectivity index (χ0n) is 14.0. The van der Waals surface area contributed by atoms with Gasteiger partial charge in [0, 0.05) is 30.6 Å². The molecule has 0 saturated heterocycles. The maximum Gasteiger partial charge on any atom is 0.373 e. The molecule has 0 aliphatic heterocycles. The summed E-state index contributed by atoms with van der Waals surface area (Å²) in [5.41, 5.74) is 1.03. The quantitative estimate of drug-likeness (QED) is 0.466. The van der Waals surface area contributed by atoms with Crippen molar-refractivity contribution in [3.05, 3.63) is 77.3 Å². The third kappa shape index (κ3) is 5.41. The number of aromatic nitrogens is 1. The van der Waals surface area contributed by atoms with E-state index in [2.05, 4.69) is 4.74 Å². The van der Waals surface area contributed by atoms with Crippen molar-refractivity contribution in [2.45, 2.75) is 13.5 Å². The fourth-order valence-corrected chi connectivity index (χ4v) is 2.24. The number of carbonyl (C=O) groups excluding carboxylic acids is 2. The van der Waals surface area contributed by atoms with Crippen LogP contribution in [0.25, 0.3) is 6.08 Å². The van der Waals surface area contributed by atoms with Crippen LogP contribution in [0.4, 0.5) is 8.78 Å². The first kappa shape index (κ1) is 19.1. The van der Waals surface area contributed by atoms with E-state index in [1.807, 2.05) is 0 Å². The van der Waals surface area contributed by atoms with Gasteiger partial charge in [0.25, 0.3) is 0 Å². The summed E-state index contributed by atoms with van der Waals surface area (Å²) in [4.78, 5) is 23.0. The molecule has 1 aromatic carbocycles. The van der Waals surface area contributed by atoms with Gasteiger partial charge in [-0.1, -0.05) is 0 Å². The van der Waals surface area contributed by atoms with Gasteiger partial charge in [-0.2, -0.15) is 0 Å². The maximum atomic E-state index is 13.3. The van der Waals surface area contributed by atoms with Crippen molar-refractivity contribution in [1.29, 1.82) is 0 Å². The molecule has 0 spiro atoms. The maximum absolute atomic E-state index is 13.3. The number of halogens is 2. The van der Waals surface area contributed by atoms with Crippen LogP contribution in [0.2, 0.25) is 0 Å². The first-order chi connectivity index (χ1) is 12.4. The molecule has 0 fully saturated rings. The van der Waals surface area contributed by atoms with Crippen molar-refractivity contribution < 1.29 is 28.2 Å². The number of ketones is 1. The number of esters is 1. The van der Waals surface area contributed by atoms with Crippen LogP contribution in [0.15, 0.2) is 54.4 Å². The van der Waals surface area contributed by atoms with E-state index in [1.165, 1.54) is 18.2 Å². The summed E-state index contributed by atoms with van der Waals surface area (Å²) in [5.74, 6) is -3.71. The first-order valence-electron chi connectivity index (χ1n) is 7.79. The highest BCUT2D eigenvalue weighted by Crippen LogP contribution is 2.13. The van der Waals surface area contributed by atoms with E-state index in [0.29, 0.717) is 11.3 Å². The number of hydrogen-bond acceptors (Lipinski definition) is 4. The number of allylic oxidation sites excluding steroid dienone is 2. The van der Waals surface area contributed by atoms with Crippen LogP contribution >= 0.6 is 0 Å². The molecule has 0 atom stereocenters. The molecule has 0 amide bonds. The number of hydrogen-bond donors (Lipinski definition) is 1. The van der Waals surface area contributed by atoms with Crippen LogP contribution in [-0.2, 0) is 20.9 Å². The monoisotopic (exact) mass is 361 g/mol. The number of nitrogens with zero attached hydrogens (tertiary/aromatic N) is 1. The van der Waals surface area contributed by atoms with Crippen molar-refractivity contribution in [3.8, 4) is 0 Å². The Morgan fingerprint density at radius 3 is 2.58 bits per heavy atom. The average molecular weight is 361 g/mol. The summed E-state index contributed by atoms with van der Waals surface area (Å²) >= 11 is 0. The summed E-state index contributed by atoms with van der Waals surface area (Å²) in [6, 6.07) is 6.66. The van der Waals surface area contributed by atoms with E-state index in [0.717, 1.165) is 18.2 Å². The van der Waals surface area contributed by atoms with E-state index in [1.54, 1.807) is 29.8 Å². The molecular weight excluding hydrogens is 344 g/mol. The van der Waals surface area contributed by atoms with Crippen molar-refractivity contribution in [3.63, 3.8) is 0 Å². The van der Waals surface area contributed by atoms with Crippen molar-refractivity contribution in [1.82, 2.24) is 4.57 Å². The molecule has 7 heteroatoms. The normalized spacial score (nSPS) is 11.7. The van der Waals surface area contributed by atoms with E-state index in [-0.39, 0.29) is 13.2 Å². The molecule has 0 radical (unpaired) electrons. The molecular formula is C19H17F2NO4. The van der Waals surface area contributed by atoms with Crippen molar-refractivity contribution in [2.75, 3.05) is 6.61 Å². The second-order valence-electron chi connectivity index (χ2n) is 5.32. The second-order valence-corrected chi connectivity index (χ2v) is 5.32. The minimum Gasteiger partial charge on any atom is -0.502 e. The predicted molar refractivity (Wildman–Crippen MR) is 91.3 cm³/mol. The summed E-state index contributed by atoms with van der Waals surface area (Å²) in [6.07, 6.45) is 5.07. The topological polar surface area (TPSA) is 68.5 Å². The van der Waals surface area contributed by atoms with E-state index < -0.39 is 29.1 Å². The Morgan fingerprint density at radius 1 is 1.23 bits per heavy atom. The number of aliphatic hydroxyl groups excluding tert-OH is 1. The average Bonchev–Trinajstić information content (AvgIpc) is 2.99. The largest absolute Gasteiger partial charge is 0.502 e. The van der Waals surface area contributed by atoms with Gasteiger partial charge in [0.2, 0.25) is 5.76 Å². The lowest BCUT2D eigenvalue weighted by molar-refractivity contribution is -0.141. The lowest BCUT2D eigenvalue weighted by Crippen LogP contribution is -2.08. The Balaban J connectivity index is 2.10. The summed E-state index contributed by atoms with van der Waals surface area (Å²) in [6.45, 7) is 1.86. The molecule has 0 saturated carbocycles. The Labute approximate surface area is 148 Å². The molecule has 0 aliphatic rings. The van der Waals surface area contributed by atoms with Gasteiger partial charge in [-0.3, -0.25) is 4.79 Å². The summed E-state index contributed by atoms with van der Waals surface area (Å²) < 4.78 is 32.8. The summed E-state index contributed by atoms with van der Waals surface area (Å²) in [7, 11) is 0. The second kappa shape index (κ2) is 8.75. The molecule has 1 heterocycles. The first-order valence-corrected chi connectivity index (χ1v) is 7.79. The van der Waals surface area contributed by atoms with Crippen LogP contribution < -0.4 is 0 Å². The zero-order valence-corrected chi connectivity index (χ0v) is 14.0. The van der Waals surface area contributed by atoms with Crippen LogP contribution in [0, 0.1) is 11.6 Å². The predicted octanol–water partition coefficient (Wildman–Crippen LogP) is 3.40. The smallest absolute Gasteiger partial charge is 0.373 e. The van der Waals surface area contributed by atoms with Gasteiger partial charge < -0.3 is 14.4 Å². The Hall–Kier alpha value is -3.22. The molecule has 0 unspecified atom stereocenters. The van der Waals surface area contributed by atoms with Gasteiger partial charge in [-0.15, -0.1) is 0 Å². The number of benzene rings is 1.